The van der Waals surface area contributed by atoms with Gasteiger partial charge in [-0.15, -0.1) is 21.5 Å². The fourth-order valence-corrected chi connectivity index (χ4v) is 3.96. The van der Waals surface area contributed by atoms with E-state index >= 15 is 0 Å². The molecule has 5 heterocycles. The Hall–Kier alpha value is -4.72. The zero-order chi connectivity index (χ0) is 24.4. The Labute approximate surface area is 202 Å². The maximum Gasteiger partial charge on any atom is 0.273 e. The van der Waals surface area contributed by atoms with Crippen LogP contribution in [-0.4, -0.2) is 60.0 Å². The predicted molar refractivity (Wildman–Crippen MR) is 130 cm³/mol. The second kappa shape index (κ2) is 9.26. The van der Waals surface area contributed by atoms with Gasteiger partial charge in [0.15, 0.2) is 28.9 Å². The van der Waals surface area contributed by atoms with Gasteiger partial charge in [-0.3, -0.25) is 9.48 Å². The molecule has 0 unspecified atom stereocenters. The third-order valence-corrected chi connectivity index (χ3v) is 5.63. The fraction of sp³-hybridized carbons (Fsp3) is 0.143. The van der Waals surface area contributed by atoms with E-state index in [0.717, 1.165) is 10.3 Å². The maximum atomic E-state index is 12.5. The molecule has 0 bridgehead atoms. The molecule has 0 atom stereocenters. The summed E-state index contributed by atoms with van der Waals surface area (Å²) in [6.07, 6.45) is 3.19. The monoisotopic (exact) mass is 489 g/mol. The molecule has 0 saturated carbocycles. The van der Waals surface area contributed by atoms with Crippen molar-refractivity contribution in [3.05, 3.63) is 48.0 Å². The Bertz CT molecular complexity index is 1530. The van der Waals surface area contributed by atoms with E-state index in [0.29, 0.717) is 40.3 Å². The van der Waals surface area contributed by atoms with Crippen molar-refractivity contribution in [1.82, 2.24) is 45.2 Å². The van der Waals surface area contributed by atoms with E-state index < -0.39 is 5.91 Å². The number of fused-ring (bicyclic) bond motifs is 1. The third-order valence-electron chi connectivity index (χ3n) is 4.89. The number of amides is 1. The van der Waals surface area contributed by atoms with Crippen LogP contribution in [0.5, 0.6) is 5.75 Å². The molecular weight excluding hydrogens is 470 g/mol. The molecule has 14 heteroatoms. The van der Waals surface area contributed by atoms with Crippen LogP contribution in [0.3, 0.4) is 0 Å². The SMILES string of the molecule is CNC(=O)c1nnc(Nc2ccc3ncsc3n2)cc1Nc1nccc(-c2ncn(C)n2)c1OC. The Balaban J connectivity index is 1.52. The van der Waals surface area contributed by atoms with Crippen molar-refractivity contribution in [2.75, 3.05) is 24.8 Å². The lowest BCUT2D eigenvalue weighted by Crippen LogP contribution is -2.21. The van der Waals surface area contributed by atoms with Gasteiger partial charge in [0.1, 0.15) is 22.5 Å². The lowest BCUT2D eigenvalue weighted by molar-refractivity contribution is 0.0958. The molecule has 0 aliphatic carbocycles. The Morgan fingerprint density at radius 1 is 1.09 bits per heavy atom. The number of ether oxygens (including phenoxy) is 1. The molecule has 0 saturated heterocycles. The van der Waals surface area contributed by atoms with Crippen LogP contribution in [0.1, 0.15) is 10.5 Å². The number of aryl methyl sites for hydroxylation is 1. The van der Waals surface area contributed by atoms with Gasteiger partial charge in [-0.05, 0) is 18.2 Å². The molecule has 5 aromatic rings. The molecule has 13 nitrogen and oxygen atoms in total. The van der Waals surface area contributed by atoms with Gasteiger partial charge in [0.05, 0.1) is 23.9 Å². The van der Waals surface area contributed by atoms with Gasteiger partial charge < -0.3 is 20.7 Å². The van der Waals surface area contributed by atoms with Crippen molar-refractivity contribution in [3.63, 3.8) is 0 Å². The molecule has 3 N–H and O–H groups in total. The predicted octanol–water partition coefficient (Wildman–Crippen LogP) is 2.53. The van der Waals surface area contributed by atoms with E-state index in [-0.39, 0.29) is 5.69 Å². The molecule has 0 aliphatic heterocycles. The zero-order valence-corrected chi connectivity index (χ0v) is 19.7. The van der Waals surface area contributed by atoms with Crippen molar-refractivity contribution >= 4 is 50.7 Å². The number of aromatic nitrogens is 8. The number of hydrogen-bond acceptors (Lipinski definition) is 12. The standard InChI is InChI=1S/C21H19N11O2S/c1-22-20(33)16-13(8-15(29-30-16)27-14-5-4-12-21(28-14)35-10-25-12)26-19-17(34-3)11(6-7-23-19)18-24-9-32(2)31-18/h4-10H,1-3H3,(H,22,33)(H2,23,26,27,28,29). The van der Waals surface area contributed by atoms with E-state index in [1.807, 2.05) is 6.07 Å². The van der Waals surface area contributed by atoms with Crippen molar-refractivity contribution in [3.8, 4) is 17.1 Å². The number of methoxy groups -OCH3 is 1. The second-order valence-electron chi connectivity index (χ2n) is 7.18. The second-order valence-corrected chi connectivity index (χ2v) is 8.01. The van der Waals surface area contributed by atoms with Gasteiger partial charge in [0, 0.05) is 26.4 Å². The number of rotatable bonds is 7. The average molecular weight is 490 g/mol. The number of nitrogens with zero attached hydrogens (tertiary/aromatic N) is 8. The molecule has 35 heavy (non-hydrogen) atoms. The summed E-state index contributed by atoms with van der Waals surface area (Å²) in [4.78, 5) is 30.7. The van der Waals surface area contributed by atoms with Crippen molar-refractivity contribution in [2.45, 2.75) is 0 Å². The first-order valence-corrected chi connectivity index (χ1v) is 11.2. The first-order valence-electron chi connectivity index (χ1n) is 10.3. The zero-order valence-electron chi connectivity index (χ0n) is 18.8. The number of carbonyl (C=O) groups excluding carboxylic acids is 1. The smallest absolute Gasteiger partial charge is 0.273 e. The van der Waals surface area contributed by atoms with Crippen molar-refractivity contribution in [2.24, 2.45) is 7.05 Å². The van der Waals surface area contributed by atoms with Crippen LogP contribution in [0.15, 0.2) is 42.3 Å². The van der Waals surface area contributed by atoms with Crippen molar-refractivity contribution < 1.29 is 9.53 Å². The van der Waals surface area contributed by atoms with Crippen LogP contribution < -0.4 is 20.7 Å². The number of hydrogen-bond donors (Lipinski definition) is 3. The van der Waals surface area contributed by atoms with E-state index in [2.05, 4.69) is 51.2 Å². The minimum absolute atomic E-state index is 0.0779. The number of carbonyl (C=O) groups is 1. The summed E-state index contributed by atoms with van der Waals surface area (Å²) in [5.41, 5.74) is 3.61. The summed E-state index contributed by atoms with van der Waals surface area (Å²) >= 11 is 1.43. The molecule has 5 rings (SSSR count). The fourth-order valence-electron chi connectivity index (χ4n) is 3.30. The lowest BCUT2D eigenvalue weighted by Gasteiger charge is -2.15. The van der Waals surface area contributed by atoms with Crippen LogP contribution in [0.2, 0.25) is 0 Å². The quantitative estimate of drug-likeness (QED) is 0.308. The van der Waals surface area contributed by atoms with Gasteiger partial charge in [0.25, 0.3) is 5.91 Å². The molecular formula is C21H19N11O2S. The summed E-state index contributed by atoms with van der Waals surface area (Å²) in [5.74, 6) is 1.75. The van der Waals surface area contributed by atoms with Gasteiger partial charge in [-0.25, -0.2) is 19.9 Å². The lowest BCUT2D eigenvalue weighted by atomic mass is 10.2. The van der Waals surface area contributed by atoms with E-state index in [9.17, 15) is 4.79 Å². The number of nitrogens with one attached hydrogen (secondary N) is 3. The van der Waals surface area contributed by atoms with Gasteiger partial charge >= 0.3 is 0 Å². The van der Waals surface area contributed by atoms with Gasteiger partial charge in [0.2, 0.25) is 0 Å². The van der Waals surface area contributed by atoms with Crippen molar-refractivity contribution in [1.29, 1.82) is 0 Å². The molecule has 5 aromatic heterocycles. The van der Waals surface area contributed by atoms with Crippen LogP contribution in [0.4, 0.5) is 23.1 Å². The highest BCUT2D eigenvalue weighted by Crippen LogP contribution is 2.35. The van der Waals surface area contributed by atoms with Crippen LogP contribution in [0, 0.1) is 0 Å². The molecule has 0 fully saturated rings. The summed E-state index contributed by atoms with van der Waals surface area (Å²) in [6.45, 7) is 0. The van der Waals surface area contributed by atoms with E-state index in [4.69, 9.17) is 4.74 Å². The summed E-state index contributed by atoms with van der Waals surface area (Å²) in [7, 11) is 4.81. The van der Waals surface area contributed by atoms with Gasteiger partial charge in [-0.1, -0.05) is 0 Å². The minimum Gasteiger partial charge on any atom is -0.492 e. The molecule has 1 amide bonds. The number of anilines is 4. The number of pyridine rings is 2. The minimum atomic E-state index is -0.419. The highest BCUT2D eigenvalue weighted by molar-refractivity contribution is 7.16. The normalized spacial score (nSPS) is 10.8. The Morgan fingerprint density at radius 2 is 1.97 bits per heavy atom. The van der Waals surface area contributed by atoms with E-state index in [1.165, 1.54) is 25.5 Å². The number of thiazole rings is 1. The molecule has 0 radical (unpaired) electrons. The van der Waals surface area contributed by atoms with Crippen LogP contribution in [-0.2, 0) is 7.05 Å². The first-order chi connectivity index (χ1) is 17.1. The molecule has 176 valence electrons. The molecule has 0 aliphatic rings. The maximum absolute atomic E-state index is 12.5. The average Bonchev–Trinajstić information content (AvgIpc) is 3.52. The van der Waals surface area contributed by atoms with Crippen LogP contribution in [0.25, 0.3) is 21.7 Å². The highest BCUT2D eigenvalue weighted by Gasteiger charge is 2.20. The molecule has 0 aromatic carbocycles. The summed E-state index contributed by atoms with van der Waals surface area (Å²) in [5, 5.41) is 21.4. The Morgan fingerprint density at radius 3 is 2.74 bits per heavy atom. The summed E-state index contributed by atoms with van der Waals surface area (Å²) < 4.78 is 7.21. The highest BCUT2D eigenvalue weighted by atomic mass is 32.1. The van der Waals surface area contributed by atoms with Gasteiger partial charge in [-0.2, -0.15) is 5.10 Å². The third kappa shape index (κ3) is 4.41. The summed E-state index contributed by atoms with van der Waals surface area (Å²) in [6, 6.07) is 7.04. The largest absolute Gasteiger partial charge is 0.492 e. The Kier molecular flexibility index (Phi) is 5.85. The van der Waals surface area contributed by atoms with Crippen LogP contribution >= 0.6 is 11.3 Å². The van der Waals surface area contributed by atoms with E-state index in [1.54, 1.807) is 48.0 Å². The topological polar surface area (TPSA) is 158 Å². The first kappa shape index (κ1) is 22.1. The molecule has 0 spiro atoms.